The van der Waals surface area contributed by atoms with E-state index in [1.807, 2.05) is 12.3 Å². The molecule has 2 heterocycles. The molecule has 0 saturated heterocycles. The van der Waals surface area contributed by atoms with Gasteiger partial charge < -0.3 is 15.5 Å². The summed E-state index contributed by atoms with van der Waals surface area (Å²) in [4.78, 5) is 33.7. The molecule has 0 radical (unpaired) electrons. The molecule has 7 nitrogen and oxygen atoms in total. The molecule has 0 aliphatic heterocycles. The maximum atomic E-state index is 12.1. The van der Waals surface area contributed by atoms with E-state index in [1.54, 1.807) is 26.2 Å². The molecule has 0 aromatic carbocycles. The van der Waals surface area contributed by atoms with E-state index < -0.39 is 0 Å². The van der Waals surface area contributed by atoms with Crippen molar-refractivity contribution in [1.82, 2.24) is 20.2 Å². The van der Waals surface area contributed by atoms with Gasteiger partial charge in [0.05, 0.1) is 24.3 Å². The predicted octanol–water partition coefficient (Wildman–Crippen LogP) is 1.53. The number of aromatic nitrogens is 2. The van der Waals surface area contributed by atoms with Gasteiger partial charge in [0.1, 0.15) is 10.8 Å². The van der Waals surface area contributed by atoms with Crippen LogP contribution in [0.3, 0.4) is 0 Å². The van der Waals surface area contributed by atoms with Gasteiger partial charge in [-0.05, 0) is 18.6 Å². The van der Waals surface area contributed by atoms with Crippen molar-refractivity contribution >= 4 is 29.0 Å². The van der Waals surface area contributed by atoms with Crippen LogP contribution < -0.4 is 10.6 Å². The Balaban J connectivity index is 1.85. The minimum Gasteiger partial charge on any atom is -0.361 e. The lowest BCUT2D eigenvalue weighted by Gasteiger charge is -2.11. The lowest BCUT2D eigenvalue weighted by atomic mass is 10.2. The lowest BCUT2D eigenvalue weighted by Crippen LogP contribution is -2.28. The van der Waals surface area contributed by atoms with Gasteiger partial charge in [-0.15, -0.1) is 11.3 Å². The first-order chi connectivity index (χ1) is 11.5. The molecule has 128 valence electrons. The molecule has 0 atom stereocenters. The van der Waals surface area contributed by atoms with Crippen LogP contribution in [0, 0.1) is 0 Å². The number of amides is 2. The van der Waals surface area contributed by atoms with Crippen LogP contribution in [0.1, 0.15) is 28.0 Å². The Morgan fingerprint density at radius 2 is 2.08 bits per heavy atom. The molecule has 0 saturated carbocycles. The average molecular weight is 347 g/mol. The van der Waals surface area contributed by atoms with E-state index in [4.69, 9.17) is 0 Å². The molecule has 0 aliphatic rings. The van der Waals surface area contributed by atoms with E-state index in [1.165, 1.54) is 22.4 Å². The first kappa shape index (κ1) is 17.9. The lowest BCUT2D eigenvalue weighted by molar-refractivity contribution is -0.126. The summed E-state index contributed by atoms with van der Waals surface area (Å²) in [6.07, 6.45) is 2.37. The molecule has 24 heavy (non-hydrogen) atoms. The molecule has 0 bridgehead atoms. The van der Waals surface area contributed by atoms with E-state index in [0.717, 1.165) is 17.1 Å². The quantitative estimate of drug-likeness (QED) is 0.793. The number of pyridine rings is 1. The van der Waals surface area contributed by atoms with Gasteiger partial charge in [0, 0.05) is 25.7 Å². The second-order valence-corrected chi connectivity index (χ2v) is 6.29. The van der Waals surface area contributed by atoms with Gasteiger partial charge in [-0.1, -0.05) is 6.92 Å². The molecule has 0 unspecified atom stereocenters. The Bertz CT molecular complexity index is 697. The van der Waals surface area contributed by atoms with Gasteiger partial charge in [-0.2, -0.15) is 0 Å². The first-order valence-corrected chi connectivity index (χ1v) is 8.49. The minimum absolute atomic E-state index is 0.0477. The summed E-state index contributed by atoms with van der Waals surface area (Å²) in [5.41, 5.74) is 1.50. The zero-order chi connectivity index (χ0) is 17.5. The zero-order valence-corrected chi connectivity index (χ0v) is 14.8. The third-order valence-corrected chi connectivity index (χ3v) is 4.20. The Hall–Kier alpha value is -2.48. The summed E-state index contributed by atoms with van der Waals surface area (Å²) in [6.45, 7) is 2.61. The largest absolute Gasteiger partial charge is 0.361 e. The van der Waals surface area contributed by atoms with Gasteiger partial charge in [-0.3, -0.25) is 9.59 Å². The number of carbonyl (C=O) groups is 2. The molecular formula is C16H21N5O2S. The van der Waals surface area contributed by atoms with Crippen molar-refractivity contribution in [2.75, 3.05) is 26.0 Å². The third-order valence-electron chi connectivity index (χ3n) is 3.31. The van der Waals surface area contributed by atoms with Crippen LogP contribution in [0.4, 0.5) is 5.82 Å². The van der Waals surface area contributed by atoms with Gasteiger partial charge in [0.2, 0.25) is 5.91 Å². The molecule has 2 N–H and O–H groups in total. The van der Waals surface area contributed by atoms with Crippen molar-refractivity contribution in [2.45, 2.75) is 19.9 Å². The van der Waals surface area contributed by atoms with Crippen LogP contribution in [0.15, 0.2) is 23.7 Å². The average Bonchev–Trinajstić information content (AvgIpc) is 3.06. The number of carbonyl (C=O) groups excluding carboxylic acids is 2. The van der Waals surface area contributed by atoms with E-state index in [9.17, 15) is 9.59 Å². The number of rotatable bonds is 7. The predicted molar refractivity (Wildman–Crippen MR) is 94.1 cm³/mol. The highest BCUT2D eigenvalue weighted by Crippen LogP contribution is 2.10. The number of thiazole rings is 1. The fourth-order valence-corrected chi connectivity index (χ4v) is 2.62. The van der Waals surface area contributed by atoms with Crippen molar-refractivity contribution in [3.63, 3.8) is 0 Å². The van der Waals surface area contributed by atoms with Crippen LogP contribution in [-0.2, 0) is 17.8 Å². The second kappa shape index (κ2) is 8.39. The van der Waals surface area contributed by atoms with E-state index in [0.29, 0.717) is 17.9 Å². The van der Waals surface area contributed by atoms with Crippen LogP contribution in [0.25, 0.3) is 0 Å². The highest BCUT2D eigenvalue weighted by Gasteiger charge is 2.09. The van der Waals surface area contributed by atoms with Crippen molar-refractivity contribution in [3.05, 3.63) is 40.0 Å². The normalized spacial score (nSPS) is 10.3. The smallest absolute Gasteiger partial charge is 0.253 e. The molecule has 2 amide bonds. The monoisotopic (exact) mass is 347 g/mol. The maximum Gasteiger partial charge on any atom is 0.253 e. The molecule has 0 aliphatic carbocycles. The number of likely N-dealkylation sites (N-methyl/N-ethyl adjacent to an activating group) is 1. The molecule has 2 rings (SSSR count). The summed E-state index contributed by atoms with van der Waals surface area (Å²) < 4.78 is 0. The van der Waals surface area contributed by atoms with Crippen molar-refractivity contribution in [1.29, 1.82) is 0 Å². The first-order valence-electron chi connectivity index (χ1n) is 7.61. The fourth-order valence-electron chi connectivity index (χ4n) is 1.81. The summed E-state index contributed by atoms with van der Waals surface area (Å²) in [6, 6.07) is 3.35. The van der Waals surface area contributed by atoms with Crippen LogP contribution >= 0.6 is 11.3 Å². The molecular weight excluding hydrogens is 326 g/mol. The number of hydrogen-bond acceptors (Lipinski definition) is 6. The number of nitrogens with zero attached hydrogens (tertiary/aromatic N) is 3. The molecule has 0 spiro atoms. The van der Waals surface area contributed by atoms with Crippen LogP contribution in [0.2, 0.25) is 0 Å². The molecule has 2 aromatic heterocycles. The van der Waals surface area contributed by atoms with Crippen molar-refractivity contribution in [2.24, 2.45) is 0 Å². The minimum atomic E-state index is -0.202. The SMILES string of the molecule is CCc1csc(CNC(=O)c2ccc(NCC(=O)N(C)C)nc2)n1. The van der Waals surface area contributed by atoms with Crippen LogP contribution in [-0.4, -0.2) is 47.3 Å². The Labute approximate surface area is 145 Å². The zero-order valence-electron chi connectivity index (χ0n) is 14.0. The topological polar surface area (TPSA) is 87.2 Å². The molecule has 2 aromatic rings. The van der Waals surface area contributed by atoms with E-state index >= 15 is 0 Å². The number of nitrogens with one attached hydrogen (secondary N) is 2. The van der Waals surface area contributed by atoms with Gasteiger partial charge >= 0.3 is 0 Å². The number of anilines is 1. The second-order valence-electron chi connectivity index (χ2n) is 5.34. The highest BCUT2D eigenvalue weighted by molar-refractivity contribution is 7.09. The highest BCUT2D eigenvalue weighted by atomic mass is 32.1. The van der Waals surface area contributed by atoms with Crippen molar-refractivity contribution < 1.29 is 9.59 Å². The maximum absolute atomic E-state index is 12.1. The standard InChI is InChI=1S/C16H21N5O2S/c1-4-12-10-24-14(20-12)8-19-16(23)11-5-6-13(17-7-11)18-9-15(22)21(2)3/h5-7,10H,4,8-9H2,1-3H3,(H,17,18)(H,19,23). The summed E-state index contributed by atoms with van der Waals surface area (Å²) >= 11 is 1.54. The number of hydrogen-bond donors (Lipinski definition) is 2. The van der Waals surface area contributed by atoms with E-state index in [-0.39, 0.29) is 18.4 Å². The summed E-state index contributed by atoms with van der Waals surface area (Å²) in [5, 5.41) is 8.62. The van der Waals surface area contributed by atoms with Gasteiger partial charge in [-0.25, -0.2) is 9.97 Å². The van der Waals surface area contributed by atoms with Gasteiger partial charge in [0.25, 0.3) is 5.91 Å². The third kappa shape index (κ3) is 5.02. The summed E-state index contributed by atoms with van der Waals surface area (Å²) in [5.74, 6) is 0.300. The Morgan fingerprint density at radius 1 is 1.29 bits per heavy atom. The number of aryl methyl sites for hydroxylation is 1. The van der Waals surface area contributed by atoms with Gasteiger partial charge in [0.15, 0.2) is 0 Å². The molecule has 0 fully saturated rings. The van der Waals surface area contributed by atoms with E-state index in [2.05, 4.69) is 20.6 Å². The Morgan fingerprint density at radius 3 is 2.67 bits per heavy atom. The Kier molecular flexibility index (Phi) is 6.25. The van der Waals surface area contributed by atoms with Crippen molar-refractivity contribution in [3.8, 4) is 0 Å². The fraction of sp³-hybridized carbons (Fsp3) is 0.375. The summed E-state index contributed by atoms with van der Waals surface area (Å²) in [7, 11) is 3.38. The van der Waals surface area contributed by atoms with Crippen LogP contribution in [0.5, 0.6) is 0 Å². The molecule has 8 heteroatoms.